The summed E-state index contributed by atoms with van der Waals surface area (Å²) in [7, 11) is 0. The number of unbranched alkanes of at least 4 members (excludes halogenated alkanes) is 7. The van der Waals surface area contributed by atoms with Crippen LogP contribution in [0.1, 0.15) is 114 Å². The van der Waals surface area contributed by atoms with E-state index in [1.807, 2.05) is 12.1 Å². The van der Waals surface area contributed by atoms with Crippen molar-refractivity contribution in [2.45, 2.75) is 109 Å². The van der Waals surface area contributed by atoms with E-state index in [2.05, 4.69) is 43.3 Å². The number of rotatable bonds is 11. The monoisotopic (exact) mass is 461 g/mol. The first-order valence-corrected chi connectivity index (χ1v) is 13.8. The first-order valence-electron chi connectivity index (χ1n) is 13.4. The molecule has 3 aliphatic carbocycles. The highest BCUT2D eigenvalue weighted by Crippen LogP contribution is 2.60. The summed E-state index contributed by atoms with van der Waals surface area (Å²) in [4.78, 5) is 0. The average Bonchev–Trinajstić information content (AvgIpc) is 2.87. The quantitative estimate of drug-likeness (QED) is 0.305. The number of fused-ring (bicyclic) bond motifs is 3. The summed E-state index contributed by atoms with van der Waals surface area (Å²) in [6.07, 6.45) is 21.0. The minimum absolute atomic E-state index is 0.317. The molecular weight excluding hydrogens is 422 g/mol. The molecule has 2 heteroatoms. The van der Waals surface area contributed by atoms with Crippen molar-refractivity contribution in [3.8, 4) is 17.2 Å². The molecule has 2 bridgehead atoms. The van der Waals surface area contributed by atoms with E-state index < -0.39 is 0 Å². The third kappa shape index (κ3) is 5.49. The molecule has 0 amide bonds. The predicted octanol–water partition coefficient (Wildman–Crippen LogP) is 10.0. The summed E-state index contributed by atoms with van der Waals surface area (Å²) in [5.41, 5.74) is 5.45. The summed E-state index contributed by atoms with van der Waals surface area (Å²) in [5.74, 6) is 0. The molecule has 0 unspecified atom stereocenters. The molecule has 0 radical (unpaired) electrons. The lowest BCUT2D eigenvalue weighted by Crippen LogP contribution is -2.44. The molecule has 1 nitrogen and oxygen atoms in total. The van der Waals surface area contributed by atoms with Gasteiger partial charge in [-0.1, -0.05) is 100 Å². The molecular formula is C31H40ClN. The Kier molecular flexibility index (Phi) is 8.19. The summed E-state index contributed by atoms with van der Waals surface area (Å²) in [6.45, 7) is 2.30. The molecule has 0 aromatic heterocycles. The lowest BCUT2D eigenvalue weighted by Gasteiger charge is -2.54. The van der Waals surface area contributed by atoms with Crippen LogP contribution in [0.25, 0.3) is 11.1 Å². The van der Waals surface area contributed by atoms with E-state index in [1.165, 1.54) is 107 Å². The second-order valence-corrected chi connectivity index (χ2v) is 11.3. The number of nitrogens with zero attached hydrogens (tertiary/aromatic N) is 1. The Balaban J connectivity index is 1.38. The van der Waals surface area contributed by atoms with E-state index in [9.17, 15) is 5.26 Å². The fourth-order valence-electron chi connectivity index (χ4n) is 6.65. The molecule has 0 aliphatic heterocycles. The highest BCUT2D eigenvalue weighted by Gasteiger charge is 2.49. The second kappa shape index (κ2) is 11.1. The summed E-state index contributed by atoms with van der Waals surface area (Å²) in [5, 5.41) is 9.80. The Morgan fingerprint density at radius 3 is 2.09 bits per heavy atom. The van der Waals surface area contributed by atoms with Crippen LogP contribution in [0.2, 0.25) is 5.02 Å². The number of hydrogen-bond donors (Lipinski definition) is 0. The van der Waals surface area contributed by atoms with Crippen LogP contribution in [0, 0.1) is 16.7 Å². The third-order valence-electron chi connectivity index (χ3n) is 8.86. The van der Waals surface area contributed by atoms with Crippen LogP contribution in [-0.4, -0.2) is 0 Å². The van der Waals surface area contributed by atoms with Gasteiger partial charge in [0, 0.05) is 0 Å². The normalized spacial score (nSPS) is 24.0. The molecule has 5 rings (SSSR count). The topological polar surface area (TPSA) is 23.8 Å². The van der Waals surface area contributed by atoms with Crippen molar-refractivity contribution in [3.63, 3.8) is 0 Å². The zero-order valence-corrected chi connectivity index (χ0v) is 21.2. The third-order valence-corrected chi connectivity index (χ3v) is 9.17. The molecule has 0 N–H and O–H groups in total. The van der Waals surface area contributed by atoms with Gasteiger partial charge in [0.05, 0.1) is 10.6 Å². The van der Waals surface area contributed by atoms with Gasteiger partial charge in [0.15, 0.2) is 0 Å². The van der Waals surface area contributed by atoms with Crippen LogP contribution in [0.3, 0.4) is 0 Å². The maximum absolute atomic E-state index is 9.25. The van der Waals surface area contributed by atoms with Crippen molar-refractivity contribution in [1.82, 2.24) is 0 Å². The number of nitriles is 1. The van der Waals surface area contributed by atoms with Crippen molar-refractivity contribution in [1.29, 1.82) is 5.26 Å². The van der Waals surface area contributed by atoms with Gasteiger partial charge in [-0.15, -0.1) is 0 Å². The Labute approximate surface area is 206 Å². The van der Waals surface area contributed by atoms with Crippen LogP contribution >= 0.6 is 11.6 Å². The van der Waals surface area contributed by atoms with Gasteiger partial charge in [0.25, 0.3) is 0 Å². The van der Waals surface area contributed by atoms with Gasteiger partial charge in [-0.25, -0.2) is 0 Å². The number of hydrogen-bond acceptors (Lipinski definition) is 1. The standard InChI is InChI=1S/C31H40ClN/c1-2-3-4-5-6-7-8-11-16-30-17-20-31(21-18-30,22-19-30)28-13-10-9-12-27(28)25-14-15-26(24-33)29(32)23-25/h9-10,12-15,23H,2-8,11,16-22H2,1H3. The van der Waals surface area contributed by atoms with Gasteiger partial charge >= 0.3 is 0 Å². The van der Waals surface area contributed by atoms with Crippen molar-refractivity contribution in [2.75, 3.05) is 0 Å². The van der Waals surface area contributed by atoms with Gasteiger partial charge in [-0.05, 0) is 84.6 Å². The number of halogens is 1. The molecule has 33 heavy (non-hydrogen) atoms. The smallest absolute Gasteiger partial charge is 0.101 e. The van der Waals surface area contributed by atoms with Crippen molar-refractivity contribution >= 4 is 11.6 Å². The van der Waals surface area contributed by atoms with Gasteiger partial charge in [0.2, 0.25) is 0 Å². The predicted molar refractivity (Wildman–Crippen MR) is 141 cm³/mol. The highest BCUT2D eigenvalue weighted by atomic mass is 35.5. The minimum atomic E-state index is 0.317. The molecule has 3 fully saturated rings. The first-order chi connectivity index (χ1) is 16.1. The van der Waals surface area contributed by atoms with Gasteiger partial charge in [0.1, 0.15) is 6.07 Å². The Morgan fingerprint density at radius 1 is 0.818 bits per heavy atom. The molecule has 0 saturated heterocycles. The van der Waals surface area contributed by atoms with Crippen molar-refractivity contribution in [3.05, 3.63) is 58.6 Å². The maximum Gasteiger partial charge on any atom is 0.101 e. The largest absolute Gasteiger partial charge is 0.192 e. The van der Waals surface area contributed by atoms with Crippen molar-refractivity contribution < 1.29 is 0 Å². The van der Waals surface area contributed by atoms with Crippen LogP contribution in [0.4, 0.5) is 0 Å². The molecule has 2 aromatic carbocycles. The molecule has 2 aromatic rings. The SMILES string of the molecule is CCCCCCCCCCC12CCC(c3ccccc3-c3ccc(C#N)c(Cl)c3)(CC1)CC2. The summed E-state index contributed by atoms with van der Waals surface area (Å²) < 4.78 is 0. The maximum atomic E-state index is 9.25. The lowest BCUT2D eigenvalue weighted by atomic mass is 9.50. The van der Waals surface area contributed by atoms with E-state index in [4.69, 9.17) is 11.6 Å². The molecule has 0 heterocycles. The molecule has 176 valence electrons. The number of benzene rings is 2. The Bertz CT molecular complexity index is 945. The zero-order valence-electron chi connectivity index (χ0n) is 20.5. The lowest BCUT2D eigenvalue weighted by molar-refractivity contribution is 0.0307. The van der Waals surface area contributed by atoms with Gasteiger partial charge in [-0.3, -0.25) is 0 Å². The summed E-state index contributed by atoms with van der Waals surface area (Å²) in [6, 6.07) is 17.0. The summed E-state index contributed by atoms with van der Waals surface area (Å²) >= 11 is 6.39. The Morgan fingerprint density at radius 2 is 1.45 bits per heavy atom. The molecule has 3 saturated carbocycles. The van der Waals surface area contributed by atoms with Crippen LogP contribution in [0.5, 0.6) is 0 Å². The zero-order chi connectivity index (χ0) is 23.2. The van der Waals surface area contributed by atoms with Crippen LogP contribution < -0.4 is 0 Å². The van der Waals surface area contributed by atoms with E-state index in [-0.39, 0.29) is 0 Å². The van der Waals surface area contributed by atoms with E-state index in [1.54, 1.807) is 0 Å². The highest BCUT2D eigenvalue weighted by molar-refractivity contribution is 6.32. The van der Waals surface area contributed by atoms with Crippen molar-refractivity contribution in [2.24, 2.45) is 5.41 Å². The van der Waals surface area contributed by atoms with Gasteiger partial charge < -0.3 is 0 Å². The van der Waals surface area contributed by atoms with Gasteiger partial charge in [-0.2, -0.15) is 5.26 Å². The van der Waals surface area contributed by atoms with E-state index in [0.717, 1.165) is 5.56 Å². The Hall–Kier alpha value is -1.78. The fourth-order valence-corrected chi connectivity index (χ4v) is 6.87. The molecule has 0 spiro atoms. The molecule has 0 atom stereocenters. The minimum Gasteiger partial charge on any atom is -0.192 e. The second-order valence-electron chi connectivity index (χ2n) is 10.9. The van der Waals surface area contributed by atoms with Crippen LogP contribution in [0.15, 0.2) is 42.5 Å². The van der Waals surface area contributed by atoms with E-state index >= 15 is 0 Å². The average molecular weight is 462 g/mol. The van der Waals surface area contributed by atoms with E-state index in [0.29, 0.717) is 21.4 Å². The molecule has 3 aliphatic rings. The van der Waals surface area contributed by atoms with Crippen LogP contribution in [-0.2, 0) is 5.41 Å². The first kappa shape index (κ1) is 24.3. The fraction of sp³-hybridized carbons (Fsp3) is 0.581.